The molecule has 0 atom stereocenters. The SMILES string of the molecule is CCCCCOc1cc2ccc1[nH]2. The van der Waals surface area contributed by atoms with Crippen molar-refractivity contribution in [3.05, 3.63) is 18.2 Å². The minimum Gasteiger partial charge on any atom is -0.491 e. The van der Waals surface area contributed by atoms with Crippen molar-refractivity contribution < 1.29 is 4.74 Å². The fraction of sp³-hybridized carbons (Fsp3) is 0.455. The third kappa shape index (κ3) is 1.77. The summed E-state index contributed by atoms with van der Waals surface area (Å²) in [5, 5.41) is 0. The van der Waals surface area contributed by atoms with Crippen LogP contribution in [0.25, 0.3) is 11.0 Å². The van der Waals surface area contributed by atoms with E-state index in [1.807, 2.05) is 0 Å². The molecule has 0 aliphatic heterocycles. The Labute approximate surface area is 78.2 Å². The number of aromatic nitrogens is 1. The molecule has 2 aromatic heterocycles. The van der Waals surface area contributed by atoms with Crippen molar-refractivity contribution in [1.29, 1.82) is 0 Å². The zero-order chi connectivity index (χ0) is 9.10. The van der Waals surface area contributed by atoms with Crippen molar-refractivity contribution in [1.82, 2.24) is 4.98 Å². The van der Waals surface area contributed by atoms with Gasteiger partial charge in [-0.3, -0.25) is 0 Å². The molecule has 13 heavy (non-hydrogen) atoms. The lowest BCUT2D eigenvalue weighted by Gasteiger charge is -2.03. The molecule has 2 nitrogen and oxygen atoms in total. The Balaban J connectivity index is 1.85. The third-order valence-electron chi connectivity index (χ3n) is 2.27. The fourth-order valence-electron chi connectivity index (χ4n) is 1.51. The van der Waals surface area contributed by atoms with Gasteiger partial charge in [0.2, 0.25) is 0 Å². The molecule has 1 N–H and O–H groups in total. The molecule has 0 unspecified atom stereocenters. The van der Waals surface area contributed by atoms with Gasteiger partial charge in [0.15, 0.2) is 0 Å². The lowest BCUT2D eigenvalue weighted by Crippen LogP contribution is -1.96. The van der Waals surface area contributed by atoms with Crippen LogP contribution < -0.4 is 4.74 Å². The maximum absolute atomic E-state index is 5.63. The maximum atomic E-state index is 5.63. The maximum Gasteiger partial charge on any atom is 0.144 e. The summed E-state index contributed by atoms with van der Waals surface area (Å²) in [5.41, 5.74) is 2.27. The van der Waals surface area contributed by atoms with Gasteiger partial charge in [0.05, 0.1) is 12.1 Å². The molecule has 2 bridgehead atoms. The number of unbranched alkanes of at least 4 members (excludes halogenated alkanes) is 2. The Morgan fingerprint density at radius 3 is 2.85 bits per heavy atom. The van der Waals surface area contributed by atoms with E-state index in [1.165, 1.54) is 12.8 Å². The van der Waals surface area contributed by atoms with Crippen LogP contribution in [-0.2, 0) is 0 Å². The molecule has 0 saturated heterocycles. The van der Waals surface area contributed by atoms with Crippen LogP contribution in [0.3, 0.4) is 0 Å². The zero-order valence-electron chi connectivity index (χ0n) is 7.97. The highest BCUT2D eigenvalue weighted by molar-refractivity contribution is 5.74. The average molecular weight is 177 g/mol. The number of H-pyrrole nitrogens is 1. The van der Waals surface area contributed by atoms with E-state index in [0.717, 1.165) is 29.8 Å². The topological polar surface area (TPSA) is 25.0 Å². The molecule has 0 aromatic carbocycles. The molecule has 2 aromatic rings. The molecule has 0 aliphatic carbocycles. The molecule has 2 rings (SSSR count). The number of rotatable bonds is 5. The normalized spacial score (nSPS) is 11.2. The van der Waals surface area contributed by atoms with Gasteiger partial charge in [-0.05, 0) is 18.6 Å². The van der Waals surface area contributed by atoms with Gasteiger partial charge in [-0.2, -0.15) is 0 Å². The van der Waals surface area contributed by atoms with Crippen LogP contribution in [0.5, 0.6) is 5.75 Å². The summed E-state index contributed by atoms with van der Waals surface area (Å²) in [6.07, 6.45) is 3.65. The van der Waals surface area contributed by atoms with Crippen LogP contribution in [0.2, 0.25) is 0 Å². The first-order valence-electron chi connectivity index (χ1n) is 4.94. The van der Waals surface area contributed by atoms with E-state index < -0.39 is 0 Å². The molecule has 70 valence electrons. The number of benzene rings is 1. The molecular weight excluding hydrogens is 162 g/mol. The highest BCUT2D eigenvalue weighted by atomic mass is 16.5. The van der Waals surface area contributed by atoms with Gasteiger partial charge in [0.1, 0.15) is 5.75 Å². The first-order valence-corrected chi connectivity index (χ1v) is 4.94. The highest BCUT2D eigenvalue weighted by Gasteiger charge is 2.03. The van der Waals surface area contributed by atoms with E-state index in [-0.39, 0.29) is 0 Å². The van der Waals surface area contributed by atoms with Crippen molar-refractivity contribution in [2.24, 2.45) is 0 Å². The summed E-state index contributed by atoms with van der Waals surface area (Å²) in [6.45, 7) is 3.04. The van der Waals surface area contributed by atoms with Crippen molar-refractivity contribution in [3.63, 3.8) is 0 Å². The predicted molar refractivity (Wildman–Crippen MR) is 54.5 cm³/mol. The van der Waals surface area contributed by atoms with Gasteiger partial charge in [-0.15, -0.1) is 0 Å². The predicted octanol–water partition coefficient (Wildman–Crippen LogP) is 3.17. The fourth-order valence-corrected chi connectivity index (χ4v) is 1.51. The Kier molecular flexibility index (Phi) is 2.39. The minimum absolute atomic E-state index is 0.839. The van der Waals surface area contributed by atoms with Crippen LogP contribution in [0, 0.1) is 0 Å². The van der Waals surface area contributed by atoms with Gasteiger partial charge < -0.3 is 9.72 Å². The average Bonchev–Trinajstić information content (AvgIpc) is 2.73. The first-order chi connectivity index (χ1) is 6.40. The molecule has 0 aliphatic rings. The number of fused-ring (bicyclic) bond motifs is 2. The van der Waals surface area contributed by atoms with E-state index in [1.54, 1.807) is 0 Å². The van der Waals surface area contributed by atoms with Crippen molar-refractivity contribution in [2.45, 2.75) is 26.2 Å². The van der Waals surface area contributed by atoms with Crippen molar-refractivity contribution >= 4 is 11.0 Å². The van der Waals surface area contributed by atoms with Gasteiger partial charge in [0, 0.05) is 11.6 Å². The molecule has 0 amide bonds. The second-order valence-corrected chi connectivity index (χ2v) is 3.39. The van der Waals surface area contributed by atoms with Gasteiger partial charge >= 0.3 is 0 Å². The Morgan fingerprint density at radius 2 is 2.23 bits per heavy atom. The molecule has 0 spiro atoms. The number of ether oxygens (including phenoxy) is 1. The van der Waals surface area contributed by atoms with E-state index in [2.05, 4.69) is 30.1 Å². The number of aromatic amines is 1. The molecule has 2 heterocycles. The molecule has 0 fully saturated rings. The number of nitrogens with one attached hydrogen (secondary N) is 1. The van der Waals surface area contributed by atoms with Crippen LogP contribution >= 0.6 is 0 Å². The highest BCUT2D eigenvalue weighted by Crippen LogP contribution is 2.25. The standard InChI is InChI=1S/C11H15NO/c1-2-3-4-7-13-11-8-9-5-6-10(11)12-9/h5-6,8,12H,2-4,7H2,1H3. The van der Waals surface area contributed by atoms with E-state index in [0.29, 0.717) is 0 Å². The van der Waals surface area contributed by atoms with E-state index >= 15 is 0 Å². The third-order valence-corrected chi connectivity index (χ3v) is 2.27. The summed E-state index contributed by atoms with van der Waals surface area (Å²) in [6, 6.07) is 6.18. The zero-order valence-corrected chi connectivity index (χ0v) is 7.97. The summed E-state index contributed by atoms with van der Waals surface area (Å²) in [7, 11) is 0. The lowest BCUT2D eigenvalue weighted by atomic mass is 10.3. The second-order valence-electron chi connectivity index (χ2n) is 3.39. The Bertz CT molecular complexity index is 353. The molecule has 2 heteroatoms. The van der Waals surface area contributed by atoms with Gasteiger partial charge in [-0.25, -0.2) is 0 Å². The Hall–Kier alpha value is -1.18. The van der Waals surface area contributed by atoms with Crippen molar-refractivity contribution in [2.75, 3.05) is 6.61 Å². The Morgan fingerprint density at radius 1 is 1.31 bits per heavy atom. The van der Waals surface area contributed by atoms with Crippen LogP contribution in [0.15, 0.2) is 18.2 Å². The largest absolute Gasteiger partial charge is 0.491 e. The van der Waals surface area contributed by atoms with E-state index in [9.17, 15) is 0 Å². The summed E-state index contributed by atoms with van der Waals surface area (Å²) >= 11 is 0. The van der Waals surface area contributed by atoms with Crippen LogP contribution in [0.1, 0.15) is 26.2 Å². The van der Waals surface area contributed by atoms with Crippen molar-refractivity contribution in [3.8, 4) is 5.75 Å². The summed E-state index contributed by atoms with van der Waals surface area (Å²) in [5.74, 6) is 1.01. The summed E-state index contributed by atoms with van der Waals surface area (Å²) < 4.78 is 5.63. The lowest BCUT2D eigenvalue weighted by molar-refractivity contribution is 0.310. The quantitative estimate of drug-likeness (QED) is 0.697. The van der Waals surface area contributed by atoms with Gasteiger partial charge in [-0.1, -0.05) is 19.8 Å². The molecule has 0 radical (unpaired) electrons. The van der Waals surface area contributed by atoms with E-state index in [4.69, 9.17) is 4.74 Å². The first kappa shape index (κ1) is 8.42. The van der Waals surface area contributed by atoms with Crippen LogP contribution in [0.4, 0.5) is 0 Å². The second kappa shape index (κ2) is 3.69. The molecule has 0 saturated carbocycles. The number of hydrogen-bond donors (Lipinski definition) is 1. The van der Waals surface area contributed by atoms with Gasteiger partial charge in [0.25, 0.3) is 0 Å². The summed E-state index contributed by atoms with van der Waals surface area (Å²) in [4.78, 5) is 3.22. The monoisotopic (exact) mass is 177 g/mol. The smallest absolute Gasteiger partial charge is 0.144 e. The number of hydrogen-bond acceptors (Lipinski definition) is 1. The minimum atomic E-state index is 0.839. The van der Waals surface area contributed by atoms with Crippen LogP contribution in [-0.4, -0.2) is 11.6 Å². The molecular formula is C11H15NO.